The van der Waals surface area contributed by atoms with Crippen LogP contribution in [0.5, 0.6) is 5.75 Å². The first-order chi connectivity index (χ1) is 9.67. The monoisotopic (exact) mass is 270 g/mol. The Morgan fingerprint density at radius 2 is 1.95 bits per heavy atom. The SMILES string of the molecule is CCc1ccccc1NC(=O)c1cccc(N)c1OC. The van der Waals surface area contributed by atoms with E-state index in [0.29, 0.717) is 17.0 Å². The second-order valence-electron chi connectivity index (χ2n) is 4.39. The predicted molar refractivity (Wildman–Crippen MR) is 81.2 cm³/mol. The van der Waals surface area contributed by atoms with Crippen LogP contribution in [0.25, 0.3) is 0 Å². The van der Waals surface area contributed by atoms with Crippen LogP contribution in [0.2, 0.25) is 0 Å². The summed E-state index contributed by atoms with van der Waals surface area (Å²) in [5.41, 5.74) is 8.59. The molecule has 0 aromatic heterocycles. The van der Waals surface area contributed by atoms with Crippen LogP contribution in [0.3, 0.4) is 0 Å². The van der Waals surface area contributed by atoms with Crippen LogP contribution in [-0.4, -0.2) is 13.0 Å². The molecule has 0 aliphatic heterocycles. The van der Waals surface area contributed by atoms with Crippen LogP contribution in [0, 0.1) is 0 Å². The van der Waals surface area contributed by atoms with Crippen molar-refractivity contribution in [2.24, 2.45) is 0 Å². The summed E-state index contributed by atoms with van der Waals surface area (Å²) >= 11 is 0. The molecule has 104 valence electrons. The van der Waals surface area contributed by atoms with Crippen molar-refractivity contribution in [1.29, 1.82) is 0 Å². The highest BCUT2D eigenvalue weighted by atomic mass is 16.5. The highest BCUT2D eigenvalue weighted by Gasteiger charge is 2.15. The zero-order valence-corrected chi connectivity index (χ0v) is 11.6. The molecule has 2 aromatic carbocycles. The molecule has 0 atom stereocenters. The molecule has 2 aromatic rings. The smallest absolute Gasteiger partial charge is 0.259 e. The van der Waals surface area contributed by atoms with Gasteiger partial charge in [0.25, 0.3) is 5.91 Å². The normalized spacial score (nSPS) is 10.1. The van der Waals surface area contributed by atoms with Gasteiger partial charge >= 0.3 is 0 Å². The van der Waals surface area contributed by atoms with E-state index in [-0.39, 0.29) is 5.91 Å². The van der Waals surface area contributed by atoms with E-state index in [1.165, 1.54) is 7.11 Å². The van der Waals surface area contributed by atoms with E-state index in [1.807, 2.05) is 31.2 Å². The number of benzene rings is 2. The lowest BCUT2D eigenvalue weighted by atomic mass is 10.1. The standard InChI is InChI=1S/C16H18N2O2/c1-3-11-7-4-5-10-14(11)18-16(19)12-8-6-9-13(17)15(12)20-2/h4-10H,3,17H2,1-2H3,(H,18,19). The molecular formula is C16H18N2O2. The lowest BCUT2D eigenvalue weighted by Crippen LogP contribution is -2.15. The molecule has 0 aliphatic carbocycles. The number of hydrogen-bond donors (Lipinski definition) is 2. The van der Waals surface area contributed by atoms with Crippen LogP contribution in [0.15, 0.2) is 42.5 Å². The quantitative estimate of drug-likeness (QED) is 0.839. The topological polar surface area (TPSA) is 64.4 Å². The minimum Gasteiger partial charge on any atom is -0.494 e. The Morgan fingerprint density at radius 3 is 2.65 bits per heavy atom. The Morgan fingerprint density at radius 1 is 1.20 bits per heavy atom. The van der Waals surface area contributed by atoms with Crippen LogP contribution in [-0.2, 0) is 6.42 Å². The molecule has 0 fully saturated rings. The Bertz CT molecular complexity index is 624. The molecule has 0 heterocycles. The van der Waals surface area contributed by atoms with Crippen molar-refractivity contribution >= 4 is 17.3 Å². The number of amides is 1. The summed E-state index contributed by atoms with van der Waals surface area (Å²) in [5.74, 6) is 0.175. The number of aryl methyl sites for hydroxylation is 1. The van der Waals surface area contributed by atoms with Gasteiger partial charge in [-0.2, -0.15) is 0 Å². The van der Waals surface area contributed by atoms with E-state index < -0.39 is 0 Å². The number of ether oxygens (including phenoxy) is 1. The summed E-state index contributed by atoms with van der Waals surface area (Å²) in [6, 6.07) is 12.9. The number of hydrogen-bond acceptors (Lipinski definition) is 3. The maximum Gasteiger partial charge on any atom is 0.259 e. The summed E-state index contributed by atoms with van der Waals surface area (Å²) < 4.78 is 5.21. The lowest BCUT2D eigenvalue weighted by Gasteiger charge is -2.13. The van der Waals surface area contributed by atoms with Gasteiger partial charge in [-0.1, -0.05) is 31.2 Å². The number of rotatable bonds is 4. The average molecular weight is 270 g/mol. The molecule has 0 saturated heterocycles. The largest absolute Gasteiger partial charge is 0.494 e. The first-order valence-corrected chi connectivity index (χ1v) is 6.49. The third kappa shape index (κ3) is 2.74. The Hall–Kier alpha value is -2.49. The Kier molecular flexibility index (Phi) is 4.25. The number of nitrogen functional groups attached to an aromatic ring is 1. The Balaban J connectivity index is 2.31. The summed E-state index contributed by atoms with van der Waals surface area (Å²) in [5, 5.41) is 2.91. The summed E-state index contributed by atoms with van der Waals surface area (Å²) in [6.07, 6.45) is 0.852. The van der Waals surface area contributed by atoms with Gasteiger partial charge < -0.3 is 15.8 Å². The van der Waals surface area contributed by atoms with Crippen molar-refractivity contribution in [3.63, 3.8) is 0 Å². The molecule has 3 N–H and O–H groups in total. The van der Waals surface area contributed by atoms with E-state index in [4.69, 9.17) is 10.5 Å². The average Bonchev–Trinajstić information content (AvgIpc) is 2.47. The fraction of sp³-hybridized carbons (Fsp3) is 0.188. The number of nitrogens with two attached hydrogens (primary N) is 1. The van der Waals surface area contributed by atoms with Crippen molar-refractivity contribution in [3.8, 4) is 5.75 Å². The molecule has 0 unspecified atom stereocenters. The number of methoxy groups -OCH3 is 1. The zero-order valence-electron chi connectivity index (χ0n) is 11.6. The molecule has 0 saturated carbocycles. The van der Waals surface area contributed by atoms with Crippen LogP contribution in [0.1, 0.15) is 22.8 Å². The van der Waals surface area contributed by atoms with E-state index in [1.54, 1.807) is 18.2 Å². The van der Waals surface area contributed by atoms with Gasteiger partial charge in [-0.3, -0.25) is 4.79 Å². The number of carbonyl (C=O) groups is 1. The van der Waals surface area contributed by atoms with Gasteiger partial charge in [0, 0.05) is 5.69 Å². The first kappa shape index (κ1) is 13.9. The third-order valence-corrected chi connectivity index (χ3v) is 3.14. The van der Waals surface area contributed by atoms with Crippen LogP contribution in [0.4, 0.5) is 11.4 Å². The van der Waals surface area contributed by atoms with Crippen molar-refractivity contribution in [2.75, 3.05) is 18.2 Å². The molecule has 0 spiro atoms. The molecule has 0 aliphatic rings. The fourth-order valence-electron chi connectivity index (χ4n) is 2.10. The summed E-state index contributed by atoms with van der Waals surface area (Å²) in [7, 11) is 1.50. The van der Waals surface area contributed by atoms with Gasteiger partial charge in [-0.15, -0.1) is 0 Å². The lowest BCUT2D eigenvalue weighted by molar-refractivity contribution is 0.102. The summed E-state index contributed by atoms with van der Waals surface area (Å²) in [6.45, 7) is 2.05. The van der Waals surface area contributed by atoms with Crippen molar-refractivity contribution in [2.45, 2.75) is 13.3 Å². The highest BCUT2D eigenvalue weighted by molar-refractivity contribution is 6.07. The first-order valence-electron chi connectivity index (χ1n) is 6.49. The number of nitrogens with one attached hydrogen (secondary N) is 1. The van der Waals surface area contributed by atoms with E-state index in [0.717, 1.165) is 17.7 Å². The van der Waals surface area contributed by atoms with Gasteiger partial charge in [0.05, 0.1) is 18.4 Å². The van der Waals surface area contributed by atoms with Gasteiger partial charge in [-0.25, -0.2) is 0 Å². The predicted octanol–water partition coefficient (Wildman–Crippen LogP) is 3.09. The van der Waals surface area contributed by atoms with Gasteiger partial charge in [0.15, 0.2) is 5.75 Å². The molecule has 0 radical (unpaired) electrons. The molecule has 1 amide bonds. The molecule has 4 heteroatoms. The maximum absolute atomic E-state index is 12.4. The van der Waals surface area contributed by atoms with E-state index in [9.17, 15) is 4.79 Å². The number of para-hydroxylation sites is 2. The third-order valence-electron chi connectivity index (χ3n) is 3.14. The molecule has 4 nitrogen and oxygen atoms in total. The fourth-order valence-corrected chi connectivity index (χ4v) is 2.10. The molecular weight excluding hydrogens is 252 g/mol. The second-order valence-corrected chi connectivity index (χ2v) is 4.39. The van der Waals surface area contributed by atoms with Crippen molar-refractivity contribution in [3.05, 3.63) is 53.6 Å². The van der Waals surface area contributed by atoms with E-state index in [2.05, 4.69) is 5.32 Å². The van der Waals surface area contributed by atoms with Gasteiger partial charge in [-0.05, 0) is 30.2 Å². The number of carbonyl (C=O) groups excluding carboxylic acids is 1. The van der Waals surface area contributed by atoms with Crippen molar-refractivity contribution < 1.29 is 9.53 Å². The van der Waals surface area contributed by atoms with E-state index >= 15 is 0 Å². The minimum absolute atomic E-state index is 0.227. The number of anilines is 2. The van der Waals surface area contributed by atoms with Gasteiger partial charge in [0.1, 0.15) is 0 Å². The maximum atomic E-state index is 12.4. The zero-order chi connectivity index (χ0) is 14.5. The van der Waals surface area contributed by atoms with Crippen LogP contribution >= 0.6 is 0 Å². The minimum atomic E-state index is -0.227. The Labute approximate surface area is 118 Å². The highest BCUT2D eigenvalue weighted by Crippen LogP contribution is 2.27. The van der Waals surface area contributed by atoms with Crippen molar-refractivity contribution in [1.82, 2.24) is 0 Å². The van der Waals surface area contributed by atoms with Gasteiger partial charge in [0.2, 0.25) is 0 Å². The second kappa shape index (κ2) is 6.10. The molecule has 0 bridgehead atoms. The van der Waals surface area contributed by atoms with Crippen LogP contribution < -0.4 is 15.8 Å². The summed E-state index contributed by atoms with van der Waals surface area (Å²) in [4.78, 5) is 12.4. The molecule has 2 rings (SSSR count). The molecule has 20 heavy (non-hydrogen) atoms.